The minimum Gasteiger partial charge on any atom is -0.276 e. The fourth-order valence-corrected chi connectivity index (χ4v) is 3.28. The van der Waals surface area contributed by atoms with Gasteiger partial charge in [-0.15, -0.1) is 10.2 Å². The normalized spacial score (nSPS) is 12.0. The van der Waals surface area contributed by atoms with Crippen LogP contribution in [0, 0.1) is 0 Å². The molecule has 1 N–H and O–H groups in total. The summed E-state index contributed by atoms with van der Waals surface area (Å²) in [5.41, 5.74) is 5.56. The van der Waals surface area contributed by atoms with E-state index in [1.54, 1.807) is 12.1 Å². The van der Waals surface area contributed by atoms with E-state index in [0.29, 0.717) is 16.0 Å². The van der Waals surface area contributed by atoms with Crippen molar-refractivity contribution in [3.05, 3.63) is 89.4 Å². The third-order valence-electron chi connectivity index (χ3n) is 3.68. The van der Waals surface area contributed by atoms with Crippen molar-refractivity contribution in [2.24, 2.45) is 15.3 Å². The zero-order chi connectivity index (χ0) is 18.5. The zero-order valence-electron chi connectivity index (χ0n) is 14.1. The highest BCUT2D eigenvalue weighted by Crippen LogP contribution is 2.28. The highest BCUT2D eigenvalue weighted by molar-refractivity contribution is 7.21. The van der Waals surface area contributed by atoms with Crippen LogP contribution < -0.4 is 5.43 Å². The van der Waals surface area contributed by atoms with Crippen molar-refractivity contribution in [1.29, 1.82) is 0 Å². The van der Waals surface area contributed by atoms with Crippen molar-refractivity contribution in [3.63, 3.8) is 0 Å². The molecular weight excluding hydrogens is 378 g/mol. The molecule has 0 radical (unpaired) electrons. The van der Waals surface area contributed by atoms with Gasteiger partial charge in [0.05, 0.1) is 15.9 Å². The molecule has 0 fully saturated rings. The van der Waals surface area contributed by atoms with Crippen LogP contribution in [0.4, 0.5) is 10.8 Å². The van der Waals surface area contributed by atoms with Crippen LogP contribution in [0.1, 0.15) is 5.56 Å². The quantitative estimate of drug-likeness (QED) is 0.186. The van der Waals surface area contributed by atoms with Crippen molar-refractivity contribution in [2.45, 2.75) is 0 Å². The zero-order valence-corrected chi connectivity index (χ0v) is 15.7. The van der Waals surface area contributed by atoms with Gasteiger partial charge in [0, 0.05) is 10.6 Å². The number of amidine groups is 1. The van der Waals surface area contributed by atoms with Gasteiger partial charge in [-0.1, -0.05) is 65.4 Å². The van der Waals surface area contributed by atoms with Gasteiger partial charge in [0.25, 0.3) is 0 Å². The molecule has 0 amide bonds. The lowest BCUT2D eigenvalue weighted by atomic mass is 10.2. The first-order valence-electron chi connectivity index (χ1n) is 8.20. The summed E-state index contributed by atoms with van der Waals surface area (Å²) in [5.74, 6) is 0.463. The first-order valence-corrected chi connectivity index (χ1v) is 9.39. The number of halogens is 1. The summed E-state index contributed by atoms with van der Waals surface area (Å²) in [7, 11) is 0. The van der Waals surface area contributed by atoms with E-state index in [1.807, 2.05) is 66.7 Å². The lowest BCUT2D eigenvalue weighted by Crippen LogP contribution is -2.00. The van der Waals surface area contributed by atoms with Crippen molar-refractivity contribution >= 4 is 49.8 Å². The number of hydrogen-bond acceptors (Lipinski definition) is 5. The summed E-state index contributed by atoms with van der Waals surface area (Å²) in [4.78, 5) is 4.47. The van der Waals surface area contributed by atoms with E-state index in [-0.39, 0.29) is 0 Å². The van der Waals surface area contributed by atoms with Crippen LogP contribution in [0.3, 0.4) is 0 Å². The second-order valence-electron chi connectivity index (χ2n) is 5.58. The second-order valence-corrected chi connectivity index (χ2v) is 7.03. The average molecular weight is 392 g/mol. The lowest BCUT2D eigenvalue weighted by molar-refractivity contribution is 1.21. The topological polar surface area (TPSA) is 62.0 Å². The molecule has 0 aliphatic rings. The molecule has 3 aromatic carbocycles. The van der Waals surface area contributed by atoms with Gasteiger partial charge < -0.3 is 0 Å². The molecule has 132 valence electrons. The summed E-state index contributed by atoms with van der Waals surface area (Å²) in [6, 6.07) is 24.9. The Morgan fingerprint density at radius 2 is 1.63 bits per heavy atom. The number of fused-ring (bicyclic) bond motifs is 1. The number of hydrazone groups is 1. The number of nitrogens with zero attached hydrogens (tertiary/aromatic N) is 4. The van der Waals surface area contributed by atoms with Gasteiger partial charge in [0.1, 0.15) is 0 Å². The molecule has 4 rings (SSSR count). The van der Waals surface area contributed by atoms with E-state index in [1.165, 1.54) is 11.3 Å². The number of anilines is 1. The van der Waals surface area contributed by atoms with E-state index < -0.39 is 0 Å². The molecule has 0 unspecified atom stereocenters. The number of aromatic nitrogens is 1. The van der Waals surface area contributed by atoms with Crippen LogP contribution in [0.5, 0.6) is 0 Å². The van der Waals surface area contributed by atoms with E-state index in [4.69, 9.17) is 11.6 Å². The van der Waals surface area contributed by atoms with E-state index in [0.717, 1.165) is 21.5 Å². The van der Waals surface area contributed by atoms with Gasteiger partial charge in [-0.2, -0.15) is 5.10 Å². The Bertz CT molecular complexity index is 1070. The number of thiazole rings is 1. The van der Waals surface area contributed by atoms with Crippen molar-refractivity contribution < 1.29 is 0 Å². The third-order valence-corrected chi connectivity index (χ3v) is 4.85. The average Bonchev–Trinajstić information content (AvgIpc) is 3.13. The summed E-state index contributed by atoms with van der Waals surface area (Å²) in [5, 5.41) is 14.3. The smallest absolute Gasteiger partial charge is 0.231 e. The number of rotatable bonds is 4. The molecule has 0 saturated carbocycles. The number of benzene rings is 3. The van der Waals surface area contributed by atoms with Gasteiger partial charge in [-0.05, 0) is 36.4 Å². The Morgan fingerprint density at radius 1 is 0.889 bits per heavy atom. The monoisotopic (exact) mass is 391 g/mol. The molecule has 0 bridgehead atoms. The van der Waals surface area contributed by atoms with Crippen LogP contribution in [0.2, 0.25) is 5.02 Å². The highest BCUT2D eigenvalue weighted by Gasteiger charge is 2.05. The molecule has 0 saturated heterocycles. The third kappa shape index (κ3) is 4.36. The standard InChI is InChI=1S/C20H14ClN5S/c21-15-10-12-16(13-11-15)23-24-19(14-6-2-1-3-7-14)25-26-20-22-17-8-4-5-9-18(17)27-20/h1-13,23H/b24-19-,26-25?. The van der Waals surface area contributed by atoms with E-state index in [9.17, 15) is 0 Å². The van der Waals surface area contributed by atoms with Gasteiger partial charge >= 0.3 is 0 Å². The Hall–Kier alpha value is -3.09. The first kappa shape index (κ1) is 17.3. The Labute approximate surface area is 165 Å². The predicted octanol–water partition coefficient (Wildman–Crippen LogP) is 6.51. The van der Waals surface area contributed by atoms with Gasteiger partial charge in [-0.25, -0.2) is 4.98 Å². The summed E-state index contributed by atoms with van der Waals surface area (Å²) in [6.07, 6.45) is 0. The maximum atomic E-state index is 5.92. The van der Waals surface area contributed by atoms with Crippen LogP contribution >= 0.6 is 22.9 Å². The number of hydrogen-bond donors (Lipinski definition) is 1. The Balaban J connectivity index is 1.63. The predicted molar refractivity (Wildman–Crippen MR) is 112 cm³/mol. The summed E-state index contributed by atoms with van der Waals surface area (Å²) >= 11 is 7.41. The van der Waals surface area contributed by atoms with Crippen LogP contribution in [-0.2, 0) is 0 Å². The fraction of sp³-hybridized carbons (Fsp3) is 0. The Morgan fingerprint density at radius 3 is 2.41 bits per heavy atom. The molecule has 0 aliphatic carbocycles. The molecule has 1 heterocycles. The van der Waals surface area contributed by atoms with Crippen molar-refractivity contribution in [3.8, 4) is 0 Å². The van der Waals surface area contributed by atoms with E-state index in [2.05, 4.69) is 25.7 Å². The van der Waals surface area contributed by atoms with Gasteiger partial charge in [0.15, 0.2) is 0 Å². The molecular formula is C20H14ClN5S. The Kier molecular flexibility index (Phi) is 5.18. The SMILES string of the molecule is Clc1ccc(N/N=C(\N=Nc2nc3ccccc3s2)c2ccccc2)cc1. The molecule has 1 aromatic heterocycles. The fourth-order valence-electron chi connectivity index (χ4n) is 2.37. The maximum Gasteiger partial charge on any atom is 0.231 e. The van der Waals surface area contributed by atoms with Gasteiger partial charge in [-0.3, -0.25) is 5.43 Å². The van der Waals surface area contributed by atoms with Crippen LogP contribution in [0.15, 0.2) is 94.2 Å². The summed E-state index contributed by atoms with van der Waals surface area (Å²) in [6.45, 7) is 0. The van der Waals surface area contributed by atoms with Crippen LogP contribution in [-0.4, -0.2) is 10.8 Å². The minimum atomic E-state index is 0.463. The molecule has 0 spiro atoms. The molecule has 7 heteroatoms. The molecule has 0 atom stereocenters. The van der Waals surface area contributed by atoms with Crippen molar-refractivity contribution in [1.82, 2.24) is 4.98 Å². The van der Waals surface area contributed by atoms with Crippen LogP contribution in [0.25, 0.3) is 10.2 Å². The minimum absolute atomic E-state index is 0.463. The molecule has 0 aliphatic heterocycles. The lowest BCUT2D eigenvalue weighted by Gasteiger charge is -2.03. The molecule has 5 nitrogen and oxygen atoms in total. The molecule has 4 aromatic rings. The van der Waals surface area contributed by atoms with E-state index >= 15 is 0 Å². The largest absolute Gasteiger partial charge is 0.276 e. The van der Waals surface area contributed by atoms with Crippen molar-refractivity contribution in [2.75, 3.05) is 5.43 Å². The second kappa shape index (κ2) is 8.07. The number of para-hydroxylation sites is 1. The first-order chi connectivity index (χ1) is 13.3. The van der Waals surface area contributed by atoms with Gasteiger partial charge in [0.2, 0.25) is 11.0 Å². The maximum absolute atomic E-state index is 5.92. The molecule has 27 heavy (non-hydrogen) atoms. The highest BCUT2D eigenvalue weighted by atomic mass is 35.5. The number of nitrogens with one attached hydrogen (secondary N) is 1. The number of azo groups is 1. The summed E-state index contributed by atoms with van der Waals surface area (Å²) < 4.78 is 1.07.